The minimum atomic E-state index is -0.938. The van der Waals surface area contributed by atoms with Crippen LogP contribution in [-0.4, -0.2) is 58.4 Å². The Kier molecular flexibility index (Phi) is 7.04. The van der Waals surface area contributed by atoms with Crippen LogP contribution >= 0.6 is 0 Å². The molecule has 1 aliphatic heterocycles. The van der Waals surface area contributed by atoms with Gasteiger partial charge in [-0.1, -0.05) is 6.92 Å². The van der Waals surface area contributed by atoms with Crippen molar-refractivity contribution >= 4 is 23.7 Å². The quantitative estimate of drug-likeness (QED) is 0.376. The Labute approximate surface area is 159 Å². The lowest BCUT2D eigenvalue weighted by Gasteiger charge is -2.39. The molecule has 1 heterocycles. The summed E-state index contributed by atoms with van der Waals surface area (Å²) in [7, 11) is 0. The highest BCUT2D eigenvalue weighted by atomic mass is 16.4. The lowest BCUT2D eigenvalue weighted by atomic mass is 9.90. The normalized spacial score (nSPS) is 29.0. The van der Waals surface area contributed by atoms with Gasteiger partial charge in [-0.25, -0.2) is 4.99 Å². The van der Waals surface area contributed by atoms with Crippen molar-refractivity contribution in [2.75, 3.05) is 6.54 Å². The summed E-state index contributed by atoms with van der Waals surface area (Å²) in [5.74, 6) is -2.68. The predicted octanol–water partition coefficient (Wildman–Crippen LogP) is 0.0350. The van der Waals surface area contributed by atoms with Crippen molar-refractivity contribution in [2.24, 2.45) is 28.3 Å². The topological polar surface area (TPSA) is 151 Å². The van der Waals surface area contributed by atoms with Crippen LogP contribution in [0.3, 0.4) is 0 Å². The van der Waals surface area contributed by atoms with Gasteiger partial charge in [0.25, 0.3) is 0 Å². The number of carboxylic acids is 1. The zero-order valence-electron chi connectivity index (χ0n) is 16.1. The standard InChI is InChI=1S/C18H31N5O4/c1-3-12-6-4-5-7-23(12)16(25)15(21-10(2)24)13-8-11(17(26)27)9-14(13)22-18(19)20/h11-15H,3-9H2,1-2H3,(H,21,24)(H,26,27)(H4,19,20,22)/t11?,12?,13-,14-,15?/m0/s1. The Morgan fingerprint density at radius 1 is 1.26 bits per heavy atom. The van der Waals surface area contributed by atoms with E-state index in [1.165, 1.54) is 6.92 Å². The molecule has 3 unspecified atom stereocenters. The molecule has 1 saturated heterocycles. The molecule has 0 aromatic carbocycles. The summed E-state index contributed by atoms with van der Waals surface area (Å²) in [6.45, 7) is 4.05. The molecule has 27 heavy (non-hydrogen) atoms. The Balaban J connectivity index is 2.32. The van der Waals surface area contributed by atoms with Gasteiger partial charge in [-0.05, 0) is 38.5 Å². The summed E-state index contributed by atoms with van der Waals surface area (Å²) in [6.07, 6.45) is 4.28. The maximum atomic E-state index is 13.4. The number of carboxylic acid groups (broad SMARTS) is 1. The van der Waals surface area contributed by atoms with Crippen molar-refractivity contribution in [2.45, 2.75) is 70.5 Å². The van der Waals surface area contributed by atoms with Gasteiger partial charge in [-0.2, -0.15) is 0 Å². The SMILES string of the molecule is CCC1CCCCN1C(=O)C(NC(C)=O)[C@H]1CC(C(=O)O)C[C@@H]1N=C(N)N. The monoisotopic (exact) mass is 381 g/mol. The van der Waals surface area contributed by atoms with E-state index in [-0.39, 0.29) is 36.7 Å². The van der Waals surface area contributed by atoms with E-state index in [0.717, 1.165) is 25.7 Å². The first-order valence-corrected chi connectivity index (χ1v) is 9.63. The molecule has 2 rings (SSSR count). The van der Waals surface area contributed by atoms with Crippen LogP contribution in [0.4, 0.5) is 0 Å². The second-order valence-corrected chi connectivity index (χ2v) is 7.56. The van der Waals surface area contributed by atoms with Crippen LogP contribution in [0.5, 0.6) is 0 Å². The molecular formula is C18H31N5O4. The van der Waals surface area contributed by atoms with E-state index < -0.39 is 29.9 Å². The maximum absolute atomic E-state index is 13.4. The van der Waals surface area contributed by atoms with Crippen molar-refractivity contribution in [3.8, 4) is 0 Å². The number of piperidine rings is 1. The summed E-state index contributed by atoms with van der Waals surface area (Å²) in [5.41, 5.74) is 11.0. The zero-order valence-corrected chi connectivity index (χ0v) is 16.1. The molecule has 2 aliphatic rings. The minimum absolute atomic E-state index is 0.140. The molecule has 1 aliphatic carbocycles. The number of nitrogens with zero attached hydrogens (tertiary/aromatic N) is 2. The van der Waals surface area contributed by atoms with Crippen LogP contribution in [0.15, 0.2) is 4.99 Å². The number of hydrogen-bond acceptors (Lipinski definition) is 4. The summed E-state index contributed by atoms with van der Waals surface area (Å²) in [5, 5.41) is 12.2. The number of amides is 2. The van der Waals surface area contributed by atoms with Crippen molar-refractivity contribution in [3.63, 3.8) is 0 Å². The number of carbonyl (C=O) groups excluding carboxylic acids is 2. The van der Waals surface area contributed by atoms with E-state index in [4.69, 9.17) is 11.5 Å². The van der Waals surface area contributed by atoms with Crippen LogP contribution in [0.2, 0.25) is 0 Å². The third kappa shape index (κ3) is 5.11. The fourth-order valence-electron chi connectivity index (χ4n) is 4.41. The van der Waals surface area contributed by atoms with Crippen LogP contribution in [0, 0.1) is 11.8 Å². The largest absolute Gasteiger partial charge is 0.481 e. The van der Waals surface area contributed by atoms with Crippen LogP contribution in [0.1, 0.15) is 52.4 Å². The molecule has 9 heteroatoms. The number of aliphatic imine (C=N–C) groups is 1. The number of nitrogens with one attached hydrogen (secondary N) is 1. The van der Waals surface area contributed by atoms with Gasteiger partial charge in [0.2, 0.25) is 11.8 Å². The van der Waals surface area contributed by atoms with E-state index in [0.29, 0.717) is 6.54 Å². The van der Waals surface area contributed by atoms with Gasteiger partial charge in [-0.15, -0.1) is 0 Å². The van der Waals surface area contributed by atoms with Crippen LogP contribution in [-0.2, 0) is 14.4 Å². The van der Waals surface area contributed by atoms with Gasteiger partial charge < -0.3 is 26.8 Å². The Morgan fingerprint density at radius 2 is 1.96 bits per heavy atom. The maximum Gasteiger partial charge on any atom is 0.306 e. The van der Waals surface area contributed by atoms with Gasteiger partial charge in [0.05, 0.1) is 12.0 Å². The summed E-state index contributed by atoms with van der Waals surface area (Å²) in [6, 6.07) is -1.20. The first-order chi connectivity index (χ1) is 12.7. The van der Waals surface area contributed by atoms with Crippen LogP contribution < -0.4 is 16.8 Å². The molecule has 2 amide bonds. The average Bonchev–Trinajstić information content (AvgIpc) is 3.02. The van der Waals surface area contributed by atoms with Gasteiger partial charge >= 0.3 is 5.97 Å². The average molecular weight is 381 g/mol. The van der Waals surface area contributed by atoms with Gasteiger partial charge in [0.1, 0.15) is 6.04 Å². The Morgan fingerprint density at radius 3 is 2.52 bits per heavy atom. The third-order valence-corrected chi connectivity index (χ3v) is 5.68. The molecule has 1 saturated carbocycles. The summed E-state index contributed by atoms with van der Waals surface area (Å²) >= 11 is 0. The highest BCUT2D eigenvalue weighted by molar-refractivity contribution is 5.88. The third-order valence-electron chi connectivity index (χ3n) is 5.68. The number of hydrogen-bond donors (Lipinski definition) is 4. The number of rotatable bonds is 6. The number of carbonyl (C=O) groups is 3. The van der Waals surface area contributed by atoms with Gasteiger partial charge in [0.15, 0.2) is 5.96 Å². The van der Waals surface area contributed by atoms with E-state index in [1.807, 2.05) is 11.8 Å². The molecule has 0 aromatic rings. The lowest BCUT2D eigenvalue weighted by molar-refractivity contribution is -0.143. The molecule has 6 N–H and O–H groups in total. The predicted molar refractivity (Wildman–Crippen MR) is 101 cm³/mol. The number of likely N-dealkylation sites (tertiary alicyclic amines) is 1. The first-order valence-electron chi connectivity index (χ1n) is 9.63. The molecule has 0 radical (unpaired) electrons. The van der Waals surface area contributed by atoms with Gasteiger partial charge in [-0.3, -0.25) is 14.4 Å². The number of guanidine groups is 1. The molecule has 0 bridgehead atoms. The highest BCUT2D eigenvalue weighted by Gasteiger charge is 2.46. The smallest absolute Gasteiger partial charge is 0.306 e. The molecule has 0 aromatic heterocycles. The van der Waals surface area contributed by atoms with E-state index in [9.17, 15) is 19.5 Å². The highest BCUT2D eigenvalue weighted by Crippen LogP contribution is 2.37. The number of aliphatic carboxylic acids is 1. The van der Waals surface area contributed by atoms with Crippen LogP contribution in [0.25, 0.3) is 0 Å². The Hall–Kier alpha value is -2.32. The second kappa shape index (κ2) is 9.05. The van der Waals surface area contributed by atoms with E-state index in [1.54, 1.807) is 0 Å². The molecule has 0 spiro atoms. The van der Waals surface area contributed by atoms with Crippen molar-refractivity contribution in [3.05, 3.63) is 0 Å². The number of nitrogens with two attached hydrogens (primary N) is 2. The fourth-order valence-corrected chi connectivity index (χ4v) is 4.41. The fraction of sp³-hybridized carbons (Fsp3) is 0.778. The second-order valence-electron chi connectivity index (χ2n) is 7.56. The van der Waals surface area contributed by atoms with Gasteiger partial charge in [0, 0.05) is 25.4 Å². The lowest BCUT2D eigenvalue weighted by Crippen LogP contribution is -2.56. The zero-order chi connectivity index (χ0) is 20.1. The van der Waals surface area contributed by atoms with E-state index in [2.05, 4.69) is 10.3 Å². The van der Waals surface area contributed by atoms with Crippen molar-refractivity contribution in [1.29, 1.82) is 0 Å². The molecular weight excluding hydrogens is 350 g/mol. The molecule has 9 nitrogen and oxygen atoms in total. The molecule has 2 fully saturated rings. The Bertz CT molecular complexity index is 605. The molecule has 152 valence electrons. The summed E-state index contributed by atoms with van der Waals surface area (Å²) in [4.78, 5) is 42.7. The van der Waals surface area contributed by atoms with Crippen molar-refractivity contribution in [1.82, 2.24) is 10.2 Å². The molecule has 5 atom stereocenters. The first kappa shape index (κ1) is 21.0. The van der Waals surface area contributed by atoms with E-state index >= 15 is 0 Å². The summed E-state index contributed by atoms with van der Waals surface area (Å²) < 4.78 is 0. The van der Waals surface area contributed by atoms with Crippen molar-refractivity contribution < 1.29 is 19.5 Å². The minimum Gasteiger partial charge on any atom is -0.481 e.